The van der Waals surface area contributed by atoms with Crippen molar-refractivity contribution in [3.05, 3.63) is 89.1 Å². The average Bonchev–Trinajstić information content (AvgIpc) is 3.37. The number of hydrogen-bond acceptors (Lipinski definition) is 12. The quantitative estimate of drug-likeness (QED) is 0.0721. The smallest absolute Gasteiger partial charge is 0.409 e. The van der Waals surface area contributed by atoms with Crippen LogP contribution in [-0.4, -0.2) is 102 Å². The Morgan fingerprint density at radius 3 is 1.56 bits per heavy atom. The molecular weight excluding hydrogens is 915 g/mol. The minimum atomic E-state index is -2.02. The SMILES string of the molecule is C[C@H](NC(=O)C(C)(C)N(C(=O)[C@H](C)NC(=O)C(C)(C)NC1(NC(=O)OC(C)(C)C)Cc2ccc3ccccc3c2-c2c(ccc3ccccc23)C1)C(=O)C1(N)CC(C)(C)N([O-])C(C)(C)C1)C(=O)OC(C)(C)C. The van der Waals surface area contributed by atoms with Crippen molar-refractivity contribution in [2.45, 2.75) is 193 Å². The maximum absolute atomic E-state index is 15.2. The molecular formula is C56H76N7O9-. The summed E-state index contributed by atoms with van der Waals surface area (Å²) < 4.78 is 11.4. The van der Waals surface area contributed by atoms with Gasteiger partial charge in [0.05, 0.1) is 11.1 Å². The molecule has 0 unspecified atom stereocenters. The fourth-order valence-corrected chi connectivity index (χ4v) is 10.7. The second-order valence-electron chi connectivity index (χ2n) is 24.3. The molecule has 0 bridgehead atoms. The van der Waals surface area contributed by atoms with Crippen LogP contribution in [0.2, 0.25) is 0 Å². The van der Waals surface area contributed by atoms with Crippen LogP contribution in [0.1, 0.15) is 135 Å². The van der Waals surface area contributed by atoms with Crippen molar-refractivity contribution in [1.82, 2.24) is 31.2 Å². The number of imide groups is 1. The highest BCUT2D eigenvalue weighted by Gasteiger charge is 2.56. The zero-order valence-corrected chi connectivity index (χ0v) is 45.1. The van der Waals surface area contributed by atoms with E-state index in [1.165, 1.54) is 27.7 Å². The monoisotopic (exact) mass is 991 g/mol. The fourth-order valence-electron chi connectivity index (χ4n) is 10.7. The maximum Gasteiger partial charge on any atom is 0.409 e. The second kappa shape index (κ2) is 19.2. The number of fused-ring (bicyclic) bond motifs is 7. The molecule has 1 saturated heterocycles. The first-order valence-electron chi connectivity index (χ1n) is 24.7. The Labute approximate surface area is 424 Å². The number of piperidine rings is 1. The first-order valence-corrected chi connectivity index (χ1v) is 24.7. The van der Waals surface area contributed by atoms with E-state index in [1.54, 1.807) is 83.1 Å². The molecule has 16 heteroatoms. The third-order valence-electron chi connectivity index (χ3n) is 13.5. The van der Waals surface area contributed by atoms with Gasteiger partial charge in [-0.15, -0.1) is 0 Å². The van der Waals surface area contributed by atoms with Crippen molar-refractivity contribution >= 4 is 57.2 Å². The topological polar surface area (TPSA) is 225 Å². The lowest BCUT2D eigenvalue weighted by Crippen LogP contribution is -2.74. The van der Waals surface area contributed by atoms with Gasteiger partial charge in [-0.2, -0.15) is 0 Å². The summed E-state index contributed by atoms with van der Waals surface area (Å²) in [5.74, 6) is -4.23. The van der Waals surface area contributed by atoms with Crippen LogP contribution in [0.5, 0.6) is 0 Å². The Balaban J connectivity index is 1.40. The highest BCUT2D eigenvalue weighted by molar-refractivity contribution is 6.09. The van der Waals surface area contributed by atoms with Gasteiger partial charge in [-0.05, 0) is 167 Å². The third kappa shape index (κ3) is 11.5. The Kier molecular flexibility index (Phi) is 14.7. The molecule has 5 amide bonds. The first kappa shape index (κ1) is 55.4. The number of rotatable bonds is 11. The van der Waals surface area contributed by atoms with Gasteiger partial charge in [0.1, 0.15) is 34.5 Å². The Bertz CT molecular complexity index is 2700. The van der Waals surface area contributed by atoms with E-state index < -0.39 is 92.3 Å². The predicted octanol–water partition coefficient (Wildman–Crippen LogP) is 7.68. The van der Waals surface area contributed by atoms with Crippen molar-refractivity contribution in [3.8, 4) is 11.1 Å². The Morgan fingerprint density at radius 1 is 0.653 bits per heavy atom. The number of alkyl carbamates (subject to hydrolysis) is 1. The maximum atomic E-state index is 15.2. The van der Waals surface area contributed by atoms with Crippen LogP contribution in [0, 0.1) is 5.21 Å². The van der Waals surface area contributed by atoms with Crippen LogP contribution in [0.4, 0.5) is 4.79 Å². The van der Waals surface area contributed by atoms with Crippen molar-refractivity contribution in [2.75, 3.05) is 0 Å². The number of carbonyl (C=O) groups is 6. The number of nitrogens with one attached hydrogen (secondary N) is 4. The second-order valence-corrected chi connectivity index (χ2v) is 24.3. The lowest BCUT2D eigenvalue weighted by atomic mass is 9.69. The van der Waals surface area contributed by atoms with E-state index in [-0.39, 0.29) is 25.7 Å². The first-order chi connectivity index (χ1) is 32.9. The van der Waals surface area contributed by atoms with Gasteiger partial charge in [0.25, 0.3) is 5.91 Å². The molecule has 16 nitrogen and oxygen atoms in total. The normalized spacial score (nSPS) is 18.3. The van der Waals surface area contributed by atoms with Crippen LogP contribution in [0.15, 0.2) is 72.8 Å². The molecule has 6 rings (SSSR count). The minimum absolute atomic E-state index is 0.177. The van der Waals surface area contributed by atoms with Crippen molar-refractivity contribution in [3.63, 3.8) is 0 Å². The van der Waals surface area contributed by atoms with E-state index in [0.717, 1.165) is 53.8 Å². The lowest BCUT2D eigenvalue weighted by molar-refractivity contribution is -0.166. The van der Waals surface area contributed by atoms with Crippen molar-refractivity contribution < 1.29 is 38.2 Å². The summed E-state index contributed by atoms with van der Waals surface area (Å²) in [6.07, 6.45) is -0.685. The molecule has 72 heavy (non-hydrogen) atoms. The average molecular weight is 991 g/mol. The zero-order valence-electron chi connectivity index (χ0n) is 45.1. The van der Waals surface area contributed by atoms with Gasteiger partial charge in [0, 0.05) is 23.9 Å². The molecule has 4 aromatic rings. The van der Waals surface area contributed by atoms with E-state index in [1.807, 2.05) is 48.5 Å². The Hall–Kier alpha value is -5.94. The van der Waals surface area contributed by atoms with E-state index in [9.17, 15) is 24.4 Å². The Morgan fingerprint density at radius 2 is 1.10 bits per heavy atom. The largest absolute Gasteiger partial charge is 0.784 e. The summed E-state index contributed by atoms with van der Waals surface area (Å²) in [5.41, 5.74) is -0.106. The van der Waals surface area contributed by atoms with Gasteiger partial charge >= 0.3 is 12.1 Å². The van der Waals surface area contributed by atoms with Crippen LogP contribution < -0.4 is 27.0 Å². The number of hydrogen-bond donors (Lipinski definition) is 5. The number of esters is 1. The van der Waals surface area contributed by atoms with E-state index in [0.29, 0.717) is 0 Å². The third-order valence-corrected chi connectivity index (χ3v) is 13.5. The molecule has 2 atom stereocenters. The molecule has 0 aromatic heterocycles. The zero-order chi connectivity index (χ0) is 53.9. The molecule has 390 valence electrons. The van der Waals surface area contributed by atoms with Crippen LogP contribution >= 0.6 is 0 Å². The predicted molar refractivity (Wildman–Crippen MR) is 280 cm³/mol. The number of hydroxylamine groups is 2. The highest BCUT2D eigenvalue weighted by Crippen LogP contribution is 2.45. The summed E-state index contributed by atoms with van der Waals surface area (Å²) in [4.78, 5) is 87.6. The summed E-state index contributed by atoms with van der Waals surface area (Å²) >= 11 is 0. The molecule has 0 saturated carbocycles. The standard InChI is InChI=1S/C56H76N7O9/c1-33(43(64)62(47(68)55(57)31-51(9,10)63(70)52(11,12)32-55)54(15,16)46(67)59-34(2)44(65)71-49(3,4)5)58-45(66)53(13,14)61-56(60-48(69)72-50(6,7)8)29-37-27-25-35-21-17-19-23-39(35)41(37)42-38(30-56)28-26-36-22-18-20-24-40(36)42/h17-28,33-34,61H,29-32,57H2,1-16H3,(H,58,66)(H,59,67)(H,60,69)/q-1/t33-,34-/m0/s1. The fraction of sp³-hybridized carbons (Fsp3) is 0.536. The van der Waals surface area contributed by atoms with E-state index in [4.69, 9.17) is 15.2 Å². The van der Waals surface area contributed by atoms with Gasteiger partial charge < -0.3 is 41.4 Å². The van der Waals surface area contributed by atoms with Crippen LogP contribution in [0.3, 0.4) is 0 Å². The lowest BCUT2D eigenvalue weighted by Gasteiger charge is -2.62. The number of nitrogens with two attached hydrogens (primary N) is 1. The molecule has 0 spiro atoms. The van der Waals surface area contributed by atoms with Crippen LogP contribution in [-0.2, 0) is 46.3 Å². The molecule has 2 aliphatic rings. The van der Waals surface area contributed by atoms with Crippen LogP contribution in [0.25, 0.3) is 32.7 Å². The van der Waals surface area contributed by atoms with Crippen molar-refractivity contribution in [2.24, 2.45) is 5.73 Å². The molecule has 6 N–H and O–H groups in total. The van der Waals surface area contributed by atoms with Gasteiger partial charge in [-0.25, -0.2) is 9.59 Å². The van der Waals surface area contributed by atoms with Crippen molar-refractivity contribution in [1.29, 1.82) is 0 Å². The van der Waals surface area contributed by atoms with Gasteiger partial charge in [0.2, 0.25) is 17.7 Å². The molecule has 1 aliphatic carbocycles. The highest BCUT2D eigenvalue weighted by atomic mass is 16.6. The molecule has 1 fully saturated rings. The summed E-state index contributed by atoms with van der Waals surface area (Å²) in [5, 5.41) is 30.6. The number of nitrogens with zero attached hydrogens (tertiary/aromatic N) is 2. The van der Waals surface area contributed by atoms with Gasteiger partial charge in [-0.3, -0.25) is 29.4 Å². The number of ether oxygens (including phenoxy) is 2. The molecule has 1 aliphatic heterocycles. The summed E-state index contributed by atoms with van der Waals surface area (Å²) in [7, 11) is 0. The number of benzene rings is 4. The van der Waals surface area contributed by atoms with Gasteiger partial charge in [0.15, 0.2) is 0 Å². The van der Waals surface area contributed by atoms with E-state index in [2.05, 4.69) is 45.5 Å². The summed E-state index contributed by atoms with van der Waals surface area (Å²) in [6, 6.07) is 21.8. The molecule has 4 aromatic carbocycles. The molecule has 1 heterocycles. The molecule has 0 radical (unpaired) electrons. The minimum Gasteiger partial charge on any atom is -0.784 e. The van der Waals surface area contributed by atoms with E-state index >= 15 is 9.59 Å². The summed E-state index contributed by atoms with van der Waals surface area (Å²) in [6.45, 7) is 25.7. The number of carbonyl (C=O) groups excluding carboxylic acids is 6. The van der Waals surface area contributed by atoms with Gasteiger partial charge in [-0.1, -0.05) is 72.8 Å². The number of amides is 5.